The maximum absolute atomic E-state index is 14.8. The van der Waals surface area contributed by atoms with Crippen LogP contribution in [0, 0.1) is 11.7 Å². The summed E-state index contributed by atoms with van der Waals surface area (Å²) in [5.74, 6) is 0.0497. The van der Waals surface area contributed by atoms with Crippen molar-refractivity contribution in [2.75, 3.05) is 11.9 Å². The zero-order valence-electron chi connectivity index (χ0n) is 15.7. The minimum atomic E-state index is -0.232. The molecular formula is C22H26BrFN2O. The van der Waals surface area contributed by atoms with Gasteiger partial charge in [-0.05, 0) is 30.5 Å². The molecule has 144 valence electrons. The number of anilines is 1. The van der Waals surface area contributed by atoms with E-state index in [4.69, 9.17) is 4.74 Å². The Hall–Kier alpha value is -1.43. The second kappa shape index (κ2) is 7.90. The van der Waals surface area contributed by atoms with E-state index in [0.717, 1.165) is 29.4 Å². The van der Waals surface area contributed by atoms with Crippen molar-refractivity contribution in [1.29, 1.82) is 0 Å². The highest BCUT2D eigenvalue weighted by atomic mass is 79.9. The van der Waals surface area contributed by atoms with E-state index in [-0.39, 0.29) is 30.0 Å². The third kappa shape index (κ3) is 3.91. The van der Waals surface area contributed by atoms with Crippen LogP contribution < -0.4 is 10.6 Å². The molecule has 2 N–H and O–H groups in total. The highest BCUT2D eigenvalue weighted by Gasteiger charge is 2.43. The first kappa shape index (κ1) is 18.9. The van der Waals surface area contributed by atoms with Crippen LogP contribution in [0.5, 0.6) is 0 Å². The lowest BCUT2D eigenvalue weighted by molar-refractivity contribution is -0.0922. The van der Waals surface area contributed by atoms with Gasteiger partial charge < -0.3 is 15.4 Å². The van der Waals surface area contributed by atoms with Crippen molar-refractivity contribution >= 4 is 21.6 Å². The Morgan fingerprint density at radius 2 is 2.00 bits per heavy atom. The molecule has 1 fully saturated rings. The molecule has 4 atom stereocenters. The van der Waals surface area contributed by atoms with Crippen molar-refractivity contribution in [2.24, 2.45) is 5.92 Å². The van der Waals surface area contributed by atoms with Gasteiger partial charge in [0.15, 0.2) is 0 Å². The van der Waals surface area contributed by atoms with E-state index in [2.05, 4.69) is 52.5 Å². The molecule has 0 radical (unpaired) electrons. The number of halogens is 2. The summed E-state index contributed by atoms with van der Waals surface area (Å²) in [6, 6.07) is 14.3. The van der Waals surface area contributed by atoms with Crippen LogP contribution in [0.4, 0.5) is 10.1 Å². The van der Waals surface area contributed by atoms with Gasteiger partial charge in [0.25, 0.3) is 0 Å². The van der Waals surface area contributed by atoms with E-state index < -0.39 is 0 Å². The van der Waals surface area contributed by atoms with Gasteiger partial charge in [0.05, 0.1) is 23.9 Å². The van der Waals surface area contributed by atoms with Gasteiger partial charge in [-0.2, -0.15) is 0 Å². The van der Waals surface area contributed by atoms with Gasteiger partial charge in [-0.25, -0.2) is 4.39 Å². The standard InChI is InChI=1S/C22H26BrFN2O/c1-13(2)25-12-16-8-9-17-20(14-6-4-3-5-7-14)26-21-18(22(17)27-16)10-15(23)11-19(21)24/h3-7,10-11,13,16-17,20,22,25-26H,8-9,12H2,1-2H3/t16-,17+,20+,22+/m1/s1. The van der Waals surface area contributed by atoms with Gasteiger partial charge in [0, 0.05) is 28.5 Å². The highest BCUT2D eigenvalue weighted by molar-refractivity contribution is 9.10. The number of ether oxygens (including phenoxy) is 1. The zero-order chi connectivity index (χ0) is 19.0. The third-order valence-corrected chi connectivity index (χ3v) is 6.04. The Labute approximate surface area is 168 Å². The number of nitrogens with one attached hydrogen (secondary N) is 2. The molecule has 27 heavy (non-hydrogen) atoms. The molecular weight excluding hydrogens is 407 g/mol. The number of rotatable bonds is 4. The molecule has 3 nitrogen and oxygen atoms in total. The summed E-state index contributed by atoms with van der Waals surface area (Å²) >= 11 is 3.45. The molecule has 2 aliphatic heterocycles. The van der Waals surface area contributed by atoms with Crippen molar-refractivity contribution in [3.63, 3.8) is 0 Å². The van der Waals surface area contributed by atoms with Gasteiger partial charge in [0.2, 0.25) is 0 Å². The number of benzene rings is 2. The predicted octanol–water partition coefficient (Wildman–Crippen LogP) is 5.59. The molecule has 2 aliphatic rings. The predicted molar refractivity (Wildman–Crippen MR) is 110 cm³/mol. The molecule has 0 unspecified atom stereocenters. The average molecular weight is 433 g/mol. The maximum atomic E-state index is 14.8. The zero-order valence-corrected chi connectivity index (χ0v) is 17.3. The molecule has 2 aromatic carbocycles. The lowest BCUT2D eigenvalue weighted by Crippen LogP contribution is -2.43. The topological polar surface area (TPSA) is 33.3 Å². The van der Waals surface area contributed by atoms with E-state index in [1.807, 2.05) is 24.3 Å². The first-order valence-electron chi connectivity index (χ1n) is 9.72. The first-order chi connectivity index (χ1) is 13.0. The number of hydrogen-bond donors (Lipinski definition) is 2. The van der Waals surface area contributed by atoms with Crippen LogP contribution in [0.3, 0.4) is 0 Å². The molecule has 5 heteroatoms. The van der Waals surface area contributed by atoms with E-state index in [1.54, 1.807) is 0 Å². The molecule has 0 saturated carbocycles. The van der Waals surface area contributed by atoms with Crippen LogP contribution in [0.2, 0.25) is 0 Å². The van der Waals surface area contributed by atoms with Crippen LogP contribution in [-0.2, 0) is 4.74 Å². The van der Waals surface area contributed by atoms with Crippen molar-refractivity contribution in [3.8, 4) is 0 Å². The highest BCUT2D eigenvalue weighted by Crippen LogP contribution is 2.51. The number of fused-ring (bicyclic) bond motifs is 3. The molecule has 2 aromatic rings. The lowest BCUT2D eigenvalue weighted by Gasteiger charge is -2.46. The quantitative estimate of drug-likeness (QED) is 0.660. The molecule has 0 aliphatic carbocycles. The van der Waals surface area contributed by atoms with E-state index >= 15 is 0 Å². The first-order valence-corrected chi connectivity index (χ1v) is 10.5. The van der Waals surface area contributed by atoms with Gasteiger partial charge in [-0.15, -0.1) is 0 Å². The maximum Gasteiger partial charge on any atom is 0.147 e. The molecule has 0 bridgehead atoms. The van der Waals surface area contributed by atoms with Gasteiger partial charge >= 0.3 is 0 Å². The summed E-state index contributed by atoms with van der Waals surface area (Å²) in [5, 5.41) is 6.96. The third-order valence-electron chi connectivity index (χ3n) is 5.58. The largest absolute Gasteiger partial charge is 0.375 e. The monoisotopic (exact) mass is 432 g/mol. The average Bonchev–Trinajstić information content (AvgIpc) is 2.66. The lowest BCUT2D eigenvalue weighted by atomic mass is 9.76. The molecule has 4 rings (SSSR count). The molecule has 0 amide bonds. The summed E-state index contributed by atoms with van der Waals surface area (Å²) in [7, 11) is 0. The Kier molecular flexibility index (Phi) is 5.53. The summed E-state index contributed by atoms with van der Waals surface area (Å²) < 4.78 is 22.1. The summed E-state index contributed by atoms with van der Waals surface area (Å²) in [4.78, 5) is 0. The molecule has 2 heterocycles. The van der Waals surface area contributed by atoms with E-state index in [9.17, 15) is 4.39 Å². The minimum Gasteiger partial charge on any atom is -0.375 e. The van der Waals surface area contributed by atoms with Gasteiger partial charge in [-0.1, -0.05) is 60.1 Å². The second-order valence-electron chi connectivity index (χ2n) is 7.87. The summed E-state index contributed by atoms with van der Waals surface area (Å²) in [6.07, 6.45) is 2.11. The van der Waals surface area contributed by atoms with Crippen LogP contribution in [-0.4, -0.2) is 18.7 Å². The Balaban J connectivity index is 1.69. The van der Waals surface area contributed by atoms with Crippen molar-refractivity contribution in [2.45, 2.75) is 51.0 Å². The van der Waals surface area contributed by atoms with Crippen LogP contribution in [0.25, 0.3) is 0 Å². The fourth-order valence-corrected chi connectivity index (χ4v) is 4.74. The fraction of sp³-hybridized carbons (Fsp3) is 0.455. The second-order valence-corrected chi connectivity index (χ2v) is 8.78. The SMILES string of the molecule is CC(C)NC[C@H]1CC[C@@H]2[C@H](O1)c1cc(Br)cc(F)c1N[C@H]2c1ccccc1. The smallest absolute Gasteiger partial charge is 0.147 e. The Morgan fingerprint density at radius 1 is 1.22 bits per heavy atom. The fourth-order valence-electron chi connectivity index (χ4n) is 4.29. The van der Waals surface area contributed by atoms with Gasteiger partial charge in [-0.3, -0.25) is 0 Å². The minimum absolute atomic E-state index is 0.0541. The van der Waals surface area contributed by atoms with E-state index in [0.29, 0.717) is 11.7 Å². The van der Waals surface area contributed by atoms with E-state index in [1.165, 1.54) is 11.6 Å². The summed E-state index contributed by atoms with van der Waals surface area (Å²) in [5.41, 5.74) is 2.68. The Bertz CT molecular complexity index is 798. The van der Waals surface area contributed by atoms with Crippen LogP contribution >= 0.6 is 15.9 Å². The molecule has 0 aromatic heterocycles. The number of hydrogen-bond acceptors (Lipinski definition) is 3. The van der Waals surface area contributed by atoms with Crippen molar-refractivity contribution in [1.82, 2.24) is 5.32 Å². The summed E-state index contributed by atoms with van der Waals surface area (Å²) in [6.45, 7) is 5.11. The van der Waals surface area contributed by atoms with Crippen molar-refractivity contribution < 1.29 is 9.13 Å². The normalized spacial score (nSPS) is 27.0. The molecule has 1 saturated heterocycles. The Morgan fingerprint density at radius 3 is 2.74 bits per heavy atom. The van der Waals surface area contributed by atoms with Gasteiger partial charge in [0.1, 0.15) is 5.82 Å². The van der Waals surface area contributed by atoms with Crippen molar-refractivity contribution in [3.05, 3.63) is 63.9 Å². The van der Waals surface area contributed by atoms with Crippen LogP contribution in [0.1, 0.15) is 50.0 Å². The van der Waals surface area contributed by atoms with Crippen LogP contribution in [0.15, 0.2) is 46.9 Å². The molecule has 0 spiro atoms.